The summed E-state index contributed by atoms with van der Waals surface area (Å²) in [5.41, 5.74) is 3.28. The fourth-order valence-electron chi connectivity index (χ4n) is 7.63. The first-order valence-corrected chi connectivity index (χ1v) is 13.0. The molecule has 192 valence electrons. The number of halogens is 3. The predicted molar refractivity (Wildman–Crippen MR) is 133 cm³/mol. The number of aliphatic hydroxyl groups is 1. The lowest BCUT2D eigenvalue weighted by Gasteiger charge is -2.53. The average Bonchev–Trinajstić information content (AvgIpc) is 3.49. The Morgan fingerprint density at radius 3 is 2.62 bits per heavy atom. The van der Waals surface area contributed by atoms with Crippen LogP contribution in [0.5, 0.6) is 0 Å². The molecule has 5 atom stereocenters. The molecule has 2 aromatic rings. The highest BCUT2D eigenvalue weighted by atomic mass is 19.4. The van der Waals surface area contributed by atoms with Crippen molar-refractivity contribution in [3.8, 4) is 17.5 Å². The fraction of sp³-hybridized carbons (Fsp3) is 0.467. The first-order chi connectivity index (χ1) is 17.6. The molecule has 5 unspecified atom stereocenters. The first-order valence-electron chi connectivity index (χ1n) is 13.0. The van der Waals surface area contributed by atoms with Gasteiger partial charge in [0.05, 0.1) is 6.33 Å². The van der Waals surface area contributed by atoms with E-state index in [0.717, 1.165) is 29.7 Å². The normalized spacial score (nSPS) is 33.2. The standard InChI is InChI=1S/C30H29F3N2O2/c1-28-17-25(19-2-5-21(6-3-19)35-15-14-34-18-35)27-23-9-7-22(36)16-20(23)4-8-24(27)26(28)10-11-29(28,37)12-13-30(31,32)33/h2-3,5-6,14-16,18,24-26,37H,4,7-11,17H2,1H3. The van der Waals surface area contributed by atoms with Crippen LogP contribution in [0.4, 0.5) is 13.2 Å². The highest BCUT2D eigenvalue weighted by Crippen LogP contribution is 2.66. The molecule has 0 aliphatic heterocycles. The van der Waals surface area contributed by atoms with Gasteiger partial charge in [0.25, 0.3) is 0 Å². The van der Waals surface area contributed by atoms with Crippen LogP contribution in [-0.2, 0) is 4.79 Å². The van der Waals surface area contributed by atoms with Crippen molar-refractivity contribution in [1.82, 2.24) is 9.55 Å². The summed E-state index contributed by atoms with van der Waals surface area (Å²) in [7, 11) is 0. The minimum Gasteiger partial charge on any atom is -0.377 e. The van der Waals surface area contributed by atoms with Crippen LogP contribution >= 0.6 is 0 Å². The number of hydrogen-bond acceptors (Lipinski definition) is 3. The van der Waals surface area contributed by atoms with Gasteiger partial charge in [-0.15, -0.1) is 0 Å². The fourth-order valence-corrected chi connectivity index (χ4v) is 7.63. The number of allylic oxidation sites excluding steroid dienone is 4. The van der Waals surface area contributed by atoms with Crippen molar-refractivity contribution in [1.29, 1.82) is 0 Å². The second-order valence-electron chi connectivity index (χ2n) is 11.2. The summed E-state index contributed by atoms with van der Waals surface area (Å²) in [4.78, 5) is 16.3. The van der Waals surface area contributed by atoms with Gasteiger partial charge in [-0.1, -0.05) is 30.6 Å². The number of aromatic nitrogens is 2. The topological polar surface area (TPSA) is 55.1 Å². The van der Waals surface area contributed by atoms with Crippen molar-refractivity contribution >= 4 is 5.78 Å². The third-order valence-electron chi connectivity index (χ3n) is 9.40. The molecule has 0 spiro atoms. The number of ketones is 1. The van der Waals surface area contributed by atoms with Crippen molar-refractivity contribution in [3.05, 3.63) is 71.3 Å². The lowest BCUT2D eigenvalue weighted by molar-refractivity contribution is -0.114. The zero-order valence-corrected chi connectivity index (χ0v) is 20.7. The van der Waals surface area contributed by atoms with Crippen LogP contribution in [0.2, 0.25) is 0 Å². The van der Waals surface area contributed by atoms with Gasteiger partial charge in [-0.05, 0) is 85.3 Å². The highest BCUT2D eigenvalue weighted by molar-refractivity contribution is 5.93. The maximum absolute atomic E-state index is 13.1. The molecule has 0 bridgehead atoms. The van der Waals surface area contributed by atoms with Gasteiger partial charge >= 0.3 is 6.18 Å². The summed E-state index contributed by atoms with van der Waals surface area (Å²) in [6, 6.07) is 8.21. The molecule has 0 amide bonds. The van der Waals surface area contributed by atoms with E-state index in [0.29, 0.717) is 25.7 Å². The molecule has 2 fully saturated rings. The Labute approximate surface area is 214 Å². The molecule has 4 aliphatic carbocycles. The molecule has 2 saturated carbocycles. The van der Waals surface area contributed by atoms with Crippen LogP contribution in [0.25, 0.3) is 5.69 Å². The van der Waals surface area contributed by atoms with Crippen LogP contribution in [0.3, 0.4) is 0 Å². The molecule has 7 heteroatoms. The molecule has 4 aliphatic rings. The molecule has 6 rings (SSSR count). The molecular formula is C30H29F3N2O2. The third kappa shape index (κ3) is 3.97. The molecule has 1 aromatic carbocycles. The first kappa shape index (κ1) is 24.2. The van der Waals surface area contributed by atoms with Crippen LogP contribution in [0.1, 0.15) is 63.4 Å². The lowest BCUT2D eigenvalue weighted by atomic mass is 9.51. The lowest BCUT2D eigenvalue weighted by Crippen LogP contribution is -2.51. The Hall–Kier alpha value is -3.11. The van der Waals surface area contributed by atoms with Crippen molar-refractivity contribution in [3.63, 3.8) is 0 Å². The zero-order valence-electron chi connectivity index (χ0n) is 20.7. The molecule has 37 heavy (non-hydrogen) atoms. The Bertz CT molecular complexity index is 1360. The van der Waals surface area contributed by atoms with Gasteiger partial charge in [0.2, 0.25) is 0 Å². The number of carbonyl (C=O) groups is 1. The minimum absolute atomic E-state index is 0.0446. The molecule has 1 N–H and O–H groups in total. The molecule has 1 aromatic heterocycles. The molecule has 1 heterocycles. The smallest absolute Gasteiger partial charge is 0.377 e. The predicted octanol–water partition coefficient (Wildman–Crippen LogP) is 6.07. The van der Waals surface area contributed by atoms with Gasteiger partial charge in [-0.25, -0.2) is 4.98 Å². The number of benzene rings is 1. The van der Waals surface area contributed by atoms with E-state index >= 15 is 0 Å². The van der Waals surface area contributed by atoms with Gasteiger partial charge in [-0.2, -0.15) is 13.2 Å². The molecule has 0 saturated heterocycles. The van der Waals surface area contributed by atoms with Gasteiger partial charge < -0.3 is 9.67 Å². The second kappa shape index (κ2) is 8.46. The maximum Gasteiger partial charge on any atom is 0.457 e. The van der Waals surface area contributed by atoms with E-state index in [4.69, 9.17) is 0 Å². The average molecular weight is 507 g/mol. The van der Waals surface area contributed by atoms with Gasteiger partial charge in [0.1, 0.15) is 5.60 Å². The number of nitrogens with zero attached hydrogens (tertiary/aromatic N) is 2. The summed E-state index contributed by atoms with van der Waals surface area (Å²) in [6.45, 7) is 1.94. The van der Waals surface area contributed by atoms with Gasteiger partial charge in [0.15, 0.2) is 5.78 Å². The Morgan fingerprint density at radius 2 is 1.92 bits per heavy atom. The molecule has 0 radical (unpaired) electrons. The number of fused-ring (bicyclic) bond motifs is 4. The monoisotopic (exact) mass is 506 g/mol. The van der Waals surface area contributed by atoms with E-state index in [1.165, 1.54) is 17.1 Å². The van der Waals surface area contributed by atoms with E-state index in [9.17, 15) is 23.1 Å². The summed E-state index contributed by atoms with van der Waals surface area (Å²) in [5, 5.41) is 11.6. The Morgan fingerprint density at radius 1 is 1.14 bits per heavy atom. The summed E-state index contributed by atoms with van der Waals surface area (Å²) in [5.74, 6) is 3.99. The zero-order chi connectivity index (χ0) is 26.0. The summed E-state index contributed by atoms with van der Waals surface area (Å²) >= 11 is 0. The van der Waals surface area contributed by atoms with Crippen molar-refractivity contribution in [2.75, 3.05) is 0 Å². The summed E-state index contributed by atoms with van der Waals surface area (Å²) < 4.78 is 41.2. The second-order valence-corrected chi connectivity index (χ2v) is 11.2. The third-order valence-corrected chi connectivity index (χ3v) is 9.40. The number of imidazole rings is 1. The number of rotatable bonds is 2. The van der Waals surface area contributed by atoms with Crippen molar-refractivity contribution in [2.24, 2.45) is 17.3 Å². The Balaban J connectivity index is 1.47. The van der Waals surface area contributed by atoms with E-state index < -0.39 is 17.2 Å². The molecule has 4 nitrogen and oxygen atoms in total. The highest BCUT2D eigenvalue weighted by Gasteiger charge is 2.62. The van der Waals surface area contributed by atoms with Crippen LogP contribution < -0.4 is 0 Å². The van der Waals surface area contributed by atoms with E-state index in [1.54, 1.807) is 18.6 Å². The number of alkyl halides is 3. The summed E-state index contributed by atoms with van der Waals surface area (Å²) in [6.07, 6.45) is 6.71. The quantitative estimate of drug-likeness (QED) is 0.503. The Kier molecular flexibility index (Phi) is 5.54. The van der Waals surface area contributed by atoms with E-state index in [1.807, 2.05) is 29.8 Å². The van der Waals surface area contributed by atoms with Crippen LogP contribution in [-0.4, -0.2) is 32.2 Å². The van der Waals surface area contributed by atoms with Gasteiger partial charge in [-0.3, -0.25) is 4.79 Å². The van der Waals surface area contributed by atoms with Gasteiger partial charge in [0, 0.05) is 41.8 Å². The maximum atomic E-state index is 13.1. The van der Waals surface area contributed by atoms with E-state index in [-0.39, 0.29) is 30.0 Å². The van der Waals surface area contributed by atoms with Crippen molar-refractivity contribution < 1.29 is 23.1 Å². The number of hydrogen-bond donors (Lipinski definition) is 1. The van der Waals surface area contributed by atoms with Crippen LogP contribution in [0.15, 0.2) is 65.8 Å². The van der Waals surface area contributed by atoms with Crippen LogP contribution in [0, 0.1) is 29.1 Å². The van der Waals surface area contributed by atoms with Crippen molar-refractivity contribution in [2.45, 2.75) is 69.6 Å². The minimum atomic E-state index is -4.65. The molecular weight excluding hydrogens is 477 g/mol. The SMILES string of the molecule is CC12CC(c3ccc(-n4ccnc4)cc3)C3=C4CCC(=O)C=C4CCC3C1CCC2(O)C#CC(F)(F)F. The number of carbonyl (C=O) groups excluding carboxylic acids is 1. The largest absolute Gasteiger partial charge is 0.457 e. The van der Waals surface area contributed by atoms with E-state index in [2.05, 4.69) is 23.0 Å².